The molecule has 0 aliphatic rings. The summed E-state index contributed by atoms with van der Waals surface area (Å²) in [6, 6.07) is 18.3. The smallest absolute Gasteiger partial charge is 0.340 e. The van der Waals surface area contributed by atoms with Crippen LogP contribution in [0.15, 0.2) is 70.6 Å². The van der Waals surface area contributed by atoms with Crippen LogP contribution in [0.5, 0.6) is 0 Å². The lowest BCUT2D eigenvalue weighted by molar-refractivity contribution is -0.156. The van der Waals surface area contributed by atoms with Crippen molar-refractivity contribution in [3.8, 4) is 0 Å². The molecule has 0 N–H and O–H groups in total. The van der Waals surface area contributed by atoms with Gasteiger partial charge in [-0.3, -0.25) is 9.98 Å². The largest absolute Gasteiger partial charge is 0.464 e. The predicted molar refractivity (Wildman–Crippen MR) is 108 cm³/mol. The van der Waals surface area contributed by atoms with E-state index in [9.17, 15) is 13.6 Å². The van der Waals surface area contributed by atoms with E-state index >= 15 is 0 Å². The summed E-state index contributed by atoms with van der Waals surface area (Å²) in [5, 5.41) is 0. The number of hydrogen-bond acceptors (Lipinski definition) is 4. The van der Waals surface area contributed by atoms with Gasteiger partial charge in [0.25, 0.3) is 6.43 Å². The van der Waals surface area contributed by atoms with Crippen molar-refractivity contribution >= 4 is 18.4 Å². The third kappa shape index (κ3) is 6.08. The molecule has 6 heteroatoms. The van der Waals surface area contributed by atoms with Crippen LogP contribution in [0.4, 0.5) is 8.78 Å². The third-order valence-corrected chi connectivity index (χ3v) is 4.12. The number of carbonyl (C=O) groups is 1. The average Bonchev–Trinajstić information content (AvgIpc) is 2.71. The Labute approximate surface area is 164 Å². The molecule has 0 aliphatic heterocycles. The SMILES string of the molecule is CCOC(=O)C(CCC/N=C/c1ccccc1)(/N=C/c1ccccc1)C(F)F. The van der Waals surface area contributed by atoms with Gasteiger partial charge >= 0.3 is 5.97 Å². The Hall–Kier alpha value is -2.89. The summed E-state index contributed by atoms with van der Waals surface area (Å²) in [7, 11) is 0. The van der Waals surface area contributed by atoms with Crippen molar-refractivity contribution in [1.82, 2.24) is 0 Å². The van der Waals surface area contributed by atoms with Crippen molar-refractivity contribution in [3.05, 3.63) is 71.8 Å². The molecule has 0 aromatic heterocycles. The third-order valence-electron chi connectivity index (χ3n) is 4.12. The van der Waals surface area contributed by atoms with Gasteiger partial charge in [0, 0.05) is 19.0 Å². The second-order valence-electron chi connectivity index (χ2n) is 6.16. The van der Waals surface area contributed by atoms with E-state index in [1.807, 2.05) is 36.4 Å². The molecule has 0 fully saturated rings. The molecular weight excluding hydrogens is 362 g/mol. The zero-order chi connectivity index (χ0) is 20.2. The van der Waals surface area contributed by atoms with Gasteiger partial charge in [-0.25, -0.2) is 13.6 Å². The summed E-state index contributed by atoms with van der Waals surface area (Å²) in [6.07, 6.45) is 0.125. The maximum Gasteiger partial charge on any atom is 0.340 e. The summed E-state index contributed by atoms with van der Waals surface area (Å²) in [4.78, 5) is 20.6. The van der Waals surface area contributed by atoms with Crippen LogP contribution in [0.3, 0.4) is 0 Å². The lowest BCUT2D eigenvalue weighted by Crippen LogP contribution is -2.45. The number of halogens is 2. The quantitative estimate of drug-likeness (QED) is 0.341. The van der Waals surface area contributed by atoms with Crippen LogP contribution in [0.25, 0.3) is 0 Å². The molecule has 0 radical (unpaired) electrons. The Morgan fingerprint density at radius 2 is 1.61 bits per heavy atom. The number of esters is 1. The molecule has 28 heavy (non-hydrogen) atoms. The van der Waals surface area contributed by atoms with Gasteiger partial charge in [-0.1, -0.05) is 60.7 Å². The Morgan fingerprint density at radius 1 is 1.04 bits per heavy atom. The number of rotatable bonds is 10. The van der Waals surface area contributed by atoms with E-state index in [4.69, 9.17) is 4.74 Å². The minimum absolute atomic E-state index is 0.0142. The van der Waals surface area contributed by atoms with Crippen molar-refractivity contribution < 1.29 is 18.3 Å². The first-order valence-corrected chi connectivity index (χ1v) is 9.19. The summed E-state index contributed by atoms with van der Waals surface area (Å²) < 4.78 is 32.8. The first-order valence-electron chi connectivity index (χ1n) is 9.19. The number of benzene rings is 2. The van der Waals surface area contributed by atoms with E-state index < -0.39 is 17.9 Å². The molecule has 4 nitrogen and oxygen atoms in total. The van der Waals surface area contributed by atoms with E-state index in [0.29, 0.717) is 12.1 Å². The number of hydrogen-bond donors (Lipinski definition) is 0. The van der Waals surface area contributed by atoms with Crippen molar-refractivity contribution in [2.24, 2.45) is 9.98 Å². The van der Waals surface area contributed by atoms with E-state index in [1.54, 1.807) is 37.4 Å². The molecule has 0 bridgehead atoms. The van der Waals surface area contributed by atoms with Crippen LogP contribution in [-0.4, -0.2) is 43.5 Å². The maximum absolute atomic E-state index is 14.0. The molecule has 0 heterocycles. The first-order chi connectivity index (χ1) is 13.6. The second-order valence-corrected chi connectivity index (χ2v) is 6.16. The monoisotopic (exact) mass is 386 g/mol. The van der Waals surface area contributed by atoms with Gasteiger partial charge in [0.05, 0.1) is 6.61 Å². The molecule has 0 aliphatic carbocycles. The Kier molecular flexibility index (Phi) is 8.46. The lowest BCUT2D eigenvalue weighted by Gasteiger charge is -2.26. The second kappa shape index (κ2) is 11.1. The summed E-state index contributed by atoms with van der Waals surface area (Å²) >= 11 is 0. The van der Waals surface area contributed by atoms with Gasteiger partial charge in [-0.2, -0.15) is 0 Å². The Morgan fingerprint density at radius 3 is 2.14 bits per heavy atom. The molecular formula is C22H24F2N2O2. The van der Waals surface area contributed by atoms with Crippen LogP contribution in [0.1, 0.15) is 30.9 Å². The fourth-order valence-electron chi connectivity index (χ4n) is 2.61. The number of carbonyl (C=O) groups excluding carboxylic acids is 1. The number of alkyl halides is 2. The number of nitrogens with zero attached hydrogens (tertiary/aromatic N) is 2. The van der Waals surface area contributed by atoms with Gasteiger partial charge in [-0.15, -0.1) is 0 Å². The fraction of sp³-hybridized carbons (Fsp3) is 0.318. The van der Waals surface area contributed by atoms with Gasteiger partial charge in [0.2, 0.25) is 5.54 Å². The maximum atomic E-state index is 14.0. The fourth-order valence-corrected chi connectivity index (χ4v) is 2.61. The average molecular weight is 386 g/mol. The molecule has 0 spiro atoms. The molecule has 2 aromatic carbocycles. The lowest BCUT2D eigenvalue weighted by atomic mass is 9.94. The predicted octanol–water partition coefficient (Wildman–Crippen LogP) is 4.57. The minimum Gasteiger partial charge on any atom is -0.464 e. The molecule has 0 saturated carbocycles. The summed E-state index contributed by atoms with van der Waals surface area (Å²) in [6.45, 7) is 1.91. The molecule has 1 unspecified atom stereocenters. The van der Waals surface area contributed by atoms with Gasteiger partial charge in [0.1, 0.15) is 0 Å². The van der Waals surface area contributed by atoms with Crippen LogP contribution >= 0.6 is 0 Å². The Balaban J connectivity index is 2.11. The van der Waals surface area contributed by atoms with Crippen LogP contribution in [0.2, 0.25) is 0 Å². The highest BCUT2D eigenvalue weighted by molar-refractivity contribution is 5.87. The van der Waals surface area contributed by atoms with E-state index in [1.165, 1.54) is 6.21 Å². The molecule has 2 rings (SSSR count). The van der Waals surface area contributed by atoms with E-state index in [2.05, 4.69) is 9.98 Å². The normalized spacial score (nSPS) is 13.9. The van der Waals surface area contributed by atoms with Crippen LogP contribution in [0, 0.1) is 0 Å². The zero-order valence-corrected chi connectivity index (χ0v) is 15.8. The standard InChI is InChI=1S/C22H24F2N2O2/c1-2-28-21(27)22(20(23)24,26-17-19-12-7-4-8-13-19)14-9-15-25-16-18-10-5-3-6-11-18/h3-8,10-13,16-17,20H,2,9,14-15H2,1H3/b25-16+,26-17+. The summed E-state index contributed by atoms with van der Waals surface area (Å²) in [5.41, 5.74) is -0.664. The van der Waals surface area contributed by atoms with Crippen molar-refractivity contribution in [1.29, 1.82) is 0 Å². The van der Waals surface area contributed by atoms with Crippen LogP contribution < -0.4 is 0 Å². The number of aliphatic imine (C=N–C) groups is 2. The topological polar surface area (TPSA) is 51.0 Å². The molecule has 2 aromatic rings. The highest BCUT2D eigenvalue weighted by atomic mass is 19.3. The zero-order valence-electron chi connectivity index (χ0n) is 15.8. The van der Waals surface area contributed by atoms with Crippen LogP contribution in [-0.2, 0) is 9.53 Å². The molecule has 148 valence electrons. The van der Waals surface area contributed by atoms with Gasteiger partial charge in [-0.05, 0) is 30.9 Å². The highest BCUT2D eigenvalue weighted by Crippen LogP contribution is 2.28. The van der Waals surface area contributed by atoms with Crippen molar-refractivity contribution in [2.75, 3.05) is 13.2 Å². The highest BCUT2D eigenvalue weighted by Gasteiger charge is 2.48. The first kappa shape index (κ1) is 21.4. The van der Waals surface area contributed by atoms with Gasteiger partial charge in [0.15, 0.2) is 0 Å². The molecule has 1 atom stereocenters. The molecule has 0 saturated heterocycles. The van der Waals surface area contributed by atoms with Gasteiger partial charge < -0.3 is 4.74 Å². The van der Waals surface area contributed by atoms with E-state index in [0.717, 1.165) is 5.56 Å². The van der Waals surface area contributed by atoms with Crippen molar-refractivity contribution in [3.63, 3.8) is 0 Å². The molecule has 0 amide bonds. The van der Waals surface area contributed by atoms with E-state index in [-0.39, 0.29) is 19.4 Å². The Bertz CT molecular complexity index is 780. The number of ether oxygens (including phenoxy) is 1. The minimum atomic E-state index is -2.98. The summed E-state index contributed by atoms with van der Waals surface area (Å²) in [5.74, 6) is -1.01. The van der Waals surface area contributed by atoms with Crippen molar-refractivity contribution in [2.45, 2.75) is 31.7 Å².